The second-order valence-corrected chi connectivity index (χ2v) is 5.89. The Morgan fingerprint density at radius 2 is 1.39 bits per heavy atom. The van der Waals surface area contributed by atoms with Crippen molar-refractivity contribution in [2.75, 3.05) is 6.61 Å². The lowest BCUT2D eigenvalue weighted by atomic mass is 9.99. The number of hydrogen-bond acceptors (Lipinski definition) is 6. The highest BCUT2D eigenvalue weighted by Crippen LogP contribution is 2.43. The molecule has 0 aromatic carbocycles. The molecule has 3 saturated heterocycles. The van der Waals surface area contributed by atoms with Crippen molar-refractivity contribution >= 4 is 0 Å². The van der Waals surface area contributed by atoms with Gasteiger partial charge in [0.2, 0.25) is 0 Å². The van der Waals surface area contributed by atoms with E-state index in [9.17, 15) is 5.11 Å². The van der Waals surface area contributed by atoms with E-state index < -0.39 is 24.0 Å². The van der Waals surface area contributed by atoms with Crippen molar-refractivity contribution in [2.45, 2.75) is 70.0 Å². The summed E-state index contributed by atoms with van der Waals surface area (Å²) in [5.41, 5.74) is 0. The van der Waals surface area contributed by atoms with Crippen LogP contribution in [0.4, 0.5) is 0 Å². The van der Waals surface area contributed by atoms with Gasteiger partial charge < -0.3 is 28.8 Å². The van der Waals surface area contributed by atoms with Gasteiger partial charge in [-0.15, -0.1) is 0 Å². The Morgan fingerprint density at radius 3 is 2.06 bits per heavy atom. The highest BCUT2D eigenvalue weighted by atomic mass is 16.9. The standard InChI is InChI=1S/C12H20O6/c1-11(2)15-7-6(5-13)14-10-9(8(7)16-11)17-12(3,4)18-10/h6-10,13H,5H2,1-4H3/t6-,7+,8-,9-,10+/m1/s1. The highest BCUT2D eigenvalue weighted by molar-refractivity contribution is 4.99. The normalized spacial score (nSPS) is 48.8. The Bertz CT molecular complexity index is 341. The molecule has 1 N–H and O–H groups in total. The molecule has 3 aliphatic heterocycles. The van der Waals surface area contributed by atoms with Gasteiger partial charge in [0.15, 0.2) is 17.9 Å². The fourth-order valence-electron chi connectivity index (χ4n) is 2.84. The van der Waals surface area contributed by atoms with Crippen LogP contribution in [0.2, 0.25) is 0 Å². The topological polar surface area (TPSA) is 66.4 Å². The fourth-order valence-corrected chi connectivity index (χ4v) is 2.84. The molecule has 3 fully saturated rings. The van der Waals surface area contributed by atoms with Gasteiger partial charge in [-0.25, -0.2) is 0 Å². The van der Waals surface area contributed by atoms with Crippen LogP contribution in [-0.2, 0) is 23.7 Å². The van der Waals surface area contributed by atoms with E-state index in [0.29, 0.717) is 0 Å². The molecule has 0 amide bonds. The van der Waals surface area contributed by atoms with E-state index in [1.807, 2.05) is 27.7 Å². The lowest BCUT2D eigenvalue weighted by molar-refractivity contribution is -0.240. The summed E-state index contributed by atoms with van der Waals surface area (Å²) < 4.78 is 28.9. The molecule has 3 rings (SSSR count). The second kappa shape index (κ2) is 3.88. The first-order valence-electron chi connectivity index (χ1n) is 6.29. The third-order valence-electron chi connectivity index (χ3n) is 3.43. The average Bonchev–Trinajstić information content (AvgIpc) is 2.71. The minimum Gasteiger partial charge on any atom is -0.394 e. The van der Waals surface area contributed by atoms with Gasteiger partial charge in [-0.05, 0) is 27.7 Å². The molecule has 3 heterocycles. The van der Waals surface area contributed by atoms with Crippen LogP contribution in [0.1, 0.15) is 27.7 Å². The van der Waals surface area contributed by atoms with Gasteiger partial charge in [0, 0.05) is 0 Å². The van der Waals surface area contributed by atoms with Crippen LogP contribution in [0.25, 0.3) is 0 Å². The van der Waals surface area contributed by atoms with E-state index in [1.54, 1.807) is 0 Å². The Morgan fingerprint density at radius 1 is 0.833 bits per heavy atom. The van der Waals surface area contributed by atoms with Crippen molar-refractivity contribution in [1.82, 2.24) is 0 Å². The summed E-state index contributed by atoms with van der Waals surface area (Å²) in [6.45, 7) is 7.22. The van der Waals surface area contributed by atoms with E-state index in [0.717, 1.165) is 0 Å². The molecular formula is C12H20O6. The first kappa shape index (κ1) is 12.8. The third-order valence-corrected chi connectivity index (χ3v) is 3.43. The molecule has 0 spiro atoms. The zero-order valence-corrected chi connectivity index (χ0v) is 11.1. The van der Waals surface area contributed by atoms with E-state index in [1.165, 1.54) is 0 Å². The van der Waals surface area contributed by atoms with Gasteiger partial charge in [0.1, 0.15) is 24.4 Å². The van der Waals surface area contributed by atoms with Gasteiger partial charge in [-0.3, -0.25) is 0 Å². The maximum absolute atomic E-state index is 9.40. The van der Waals surface area contributed by atoms with Crippen LogP contribution >= 0.6 is 0 Å². The van der Waals surface area contributed by atoms with E-state index in [4.69, 9.17) is 23.7 Å². The van der Waals surface area contributed by atoms with Crippen LogP contribution < -0.4 is 0 Å². The van der Waals surface area contributed by atoms with Gasteiger partial charge in [-0.2, -0.15) is 0 Å². The smallest absolute Gasteiger partial charge is 0.190 e. The molecule has 0 unspecified atom stereocenters. The monoisotopic (exact) mass is 260 g/mol. The number of fused-ring (bicyclic) bond motifs is 3. The first-order valence-corrected chi connectivity index (χ1v) is 6.29. The van der Waals surface area contributed by atoms with Crippen LogP contribution in [0.5, 0.6) is 0 Å². The zero-order valence-electron chi connectivity index (χ0n) is 11.1. The largest absolute Gasteiger partial charge is 0.394 e. The van der Waals surface area contributed by atoms with Gasteiger partial charge in [-0.1, -0.05) is 0 Å². The van der Waals surface area contributed by atoms with Crippen molar-refractivity contribution < 1.29 is 28.8 Å². The molecule has 0 bridgehead atoms. The third kappa shape index (κ3) is 1.97. The highest BCUT2D eigenvalue weighted by Gasteiger charge is 2.60. The summed E-state index contributed by atoms with van der Waals surface area (Å²) >= 11 is 0. The van der Waals surface area contributed by atoms with Crippen LogP contribution in [0.3, 0.4) is 0 Å². The molecule has 6 heteroatoms. The van der Waals surface area contributed by atoms with Gasteiger partial charge in [0.25, 0.3) is 0 Å². The summed E-state index contributed by atoms with van der Waals surface area (Å²) in [4.78, 5) is 0. The summed E-state index contributed by atoms with van der Waals surface area (Å²) in [5.74, 6) is -1.41. The second-order valence-electron chi connectivity index (χ2n) is 5.89. The molecule has 104 valence electrons. The molecule has 0 aromatic rings. The predicted molar refractivity (Wildman–Crippen MR) is 59.6 cm³/mol. The van der Waals surface area contributed by atoms with Crippen molar-refractivity contribution in [1.29, 1.82) is 0 Å². The zero-order chi connectivity index (χ0) is 13.1. The maximum Gasteiger partial charge on any atom is 0.190 e. The van der Waals surface area contributed by atoms with E-state index >= 15 is 0 Å². The minimum atomic E-state index is -0.708. The van der Waals surface area contributed by atoms with Crippen LogP contribution in [0, 0.1) is 0 Å². The lowest BCUT2D eigenvalue weighted by Gasteiger charge is -2.36. The molecule has 0 radical (unpaired) electrons. The average molecular weight is 260 g/mol. The van der Waals surface area contributed by atoms with Gasteiger partial charge >= 0.3 is 0 Å². The van der Waals surface area contributed by atoms with E-state index in [-0.39, 0.29) is 24.9 Å². The Labute approximate surface area is 106 Å². The molecular weight excluding hydrogens is 240 g/mol. The molecule has 0 aliphatic carbocycles. The van der Waals surface area contributed by atoms with Crippen LogP contribution in [-0.4, -0.2) is 54.0 Å². The Hall–Kier alpha value is -0.240. The molecule has 0 saturated carbocycles. The summed E-state index contributed by atoms with van der Waals surface area (Å²) in [7, 11) is 0. The van der Waals surface area contributed by atoms with Crippen molar-refractivity contribution in [3.05, 3.63) is 0 Å². The van der Waals surface area contributed by atoms with Crippen molar-refractivity contribution in [3.63, 3.8) is 0 Å². The predicted octanol–water partition coefficient (Wildman–Crippen LogP) is 0.375. The van der Waals surface area contributed by atoms with Crippen LogP contribution in [0.15, 0.2) is 0 Å². The summed E-state index contributed by atoms with van der Waals surface area (Å²) in [6.07, 6.45) is -1.90. The van der Waals surface area contributed by atoms with E-state index in [2.05, 4.69) is 0 Å². The minimum absolute atomic E-state index is 0.131. The SMILES string of the molecule is CC1(C)O[C@@H]2[C@@H](O1)[C@@H](CO)O[C@H]1OC(C)(C)O[C@@H]12. The fraction of sp³-hybridized carbons (Fsp3) is 1.00. The van der Waals surface area contributed by atoms with Gasteiger partial charge in [0.05, 0.1) is 6.61 Å². The number of hydrogen-bond donors (Lipinski definition) is 1. The van der Waals surface area contributed by atoms with Crippen molar-refractivity contribution in [3.8, 4) is 0 Å². The summed E-state index contributed by atoms with van der Waals surface area (Å²) in [6, 6.07) is 0. The number of aliphatic hydroxyl groups excluding tert-OH is 1. The lowest BCUT2D eigenvalue weighted by Crippen LogP contribution is -2.56. The molecule has 3 aliphatic rings. The maximum atomic E-state index is 9.40. The Balaban J connectivity index is 1.86. The molecule has 6 nitrogen and oxygen atoms in total. The quantitative estimate of drug-likeness (QED) is 0.735. The summed E-state index contributed by atoms with van der Waals surface area (Å²) in [5, 5.41) is 9.40. The number of rotatable bonds is 1. The molecule has 0 aromatic heterocycles. The molecule has 5 atom stereocenters. The Kier molecular flexibility index (Phi) is 2.75. The van der Waals surface area contributed by atoms with Crippen molar-refractivity contribution in [2.24, 2.45) is 0 Å². The number of aliphatic hydroxyl groups is 1. The first-order chi connectivity index (χ1) is 8.31. The molecule has 18 heavy (non-hydrogen) atoms. The number of ether oxygens (including phenoxy) is 5.